The predicted molar refractivity (Wildman–Crippen MR) is 45.9 cm³/mol. The summed E-state index contributed by atoms with van der Waals surface area (Å²) in [4.78, 5) is 3.88. The molecule has 1 unspecified atom stereocenters. The van der Waals surface area contributed by atoms with Crippen molar-refractivity contribution in [3.05, 3.63) is 24.0 Å². The lowest BCUT2D eigenvalue weighted by Gasteiger charge is -2.10. The van der Waals surface area contributed by atoms with Crippen molar-refractivity contribution in [2.45, 2.75) is 19.4 Å². The molecule has 1 heterocycles. The van der Waals surface area contributed by atoms with Gasteiger partial charge in [0.25, 0.3) is 0 Å². The van der Waals surface area contributed by atoms with Crippen LogP contribution >= 0.6 is 0 Å². The maximum atomic E-state index is 5.79. The van der Waals surface area contributed by atoms with Gasteiger partial charge in [-0.15, -0.1) is 0 Å². The van der Waals surface area contributed by atoms with Crippen molar-refractivity contribution in [2.24, 2.45) is 5.73 Å². The third kappa shape index (κ3) is 1.68. The summed E-state index contributed by atoms with van der Waals surface area (Å²) in [5, 5.41) is 0. The minimum atomic E-state index is 0.0398. The molecule has 0 amide bonds. The Kier molecular flexibility index (Phi) is 2.44. The second-order valence-corrected chi connectivity index (χ2v) is 2.52. The SMILES string of the molecule is CCC(N)c1ccncc1N. The lowest BCUT2D eigenvalue weighted by Crippen LogP contribution is -2.11. The molecule has 3 heteroatoms. The Balaban J connectivity index is 2.93. The first kappa shape index (κ1) is 8.01. The van der Waals surface area contributed by atoms with E-state index in [1.165, 1.54) is 0 Å². The zero-order chi connectivity index (χ0) is 8.27. The summed E-state index contributed by atoms with van der Waals surface area (Å²) in [7, 11) is 0. The minimum absolute atomic E-state index is 0.0398. The van der Waals surface area contributed by atoms with Crippen molar-refractivity contribution in [3.8, 4) is 0 Å². The lowest BCUT2D eigenvalue weighted by molar-refractivity contribution is 0.700. The summed E-state index contributed by atoms with van der Waals surface area (Å²) < 4.78 is 0. The number of nitrogens with zero attached hydrogens (tertiary/aromatic N) is 1. The first-order valence-electron chi connectivity index (χ1n) is 3.70. The van der Waals surface area contributed by atoms with Gasteiger partial charge in [0.1, 0.15) is 0 Å². The van der Waals surface area contributed by atoms with E-state index < -0.39 is 0 Å². The highest BCUT2D eigenvalue weighted by Crippen LogP contribution is 2.18. The first-order chi connectivity index (χ1) is 5.25. The zero-order valence-corrected chi connectivity index (χ0v) is 6.62. The highest BCUT2D eigenvalue weighted by atomic mass is 14.7. The first-order valence-corrected chi connectivity index (χ1v) is 3.70. The average Bonchev–Trinajstić information content (AvgIpc) is 2.04. The highest BCUT2D eigenvalue weighted by molar-refractivity contribution is 5.45. The Bertz CT molecular complexity index is 235. The van der Waals surface area contributed by atoms with Crippen molar-refractivity contribution >= 4 is 5.69 Å². The number of hydrogen-bond acceptors (Lipinski definition) is 3. The third-order valence-electron chi connectivity index (χ3n) is 1.73. The van der Waals surface area contributed by atoms with Crippen molar-refractivity contribution in [1.82, 2.24) is 4.98 Å². The van der Waals surface area contributed by atoms with Gasteiger partial charge in [0.05, 0.1) is 11.9 Å². The molecule has 0 aliphatic carbocycles. The molecule has 0 saturated carbocycles. The number of anilines is 1. The van der Waals surface area contributed by atoms with Crippen LogP contribution in [0.4, 0.5) is 5.69 Å². The smallest absolute Gasteiger partial charge is 0.0549 e. The summed E-state index contributed by atoms with van der Waals surface area (Å²) in [5.41, 5.74) is 13.1. The van der Waals surface area contributed by atoms with Crippen LogP contribution in [0.2, 0.25) is 0 Å². The molecular formula is C8H13N3. The van der Waals surface area contributed by atoms with E-state index in [1.54, 1.807) is 12.4 Å². The fraction of sp³-hybridized carbons (Fsp3) is 0.375. The Morgan fingerprint density at radius 2 is 2.36 bits per heavy atom. The standard InChI is InChI=1S/C8H13N3/c1-2-7(9)6-3-4-11-5-8(6)10/h3-5,7H,2,9-10H2,1H3. The van der Waals surface area contributed by atoms with Gasteiger partial charge in [0.15, 0.2) is 0 Å². The molecule has 3 nitrogen and oxygen atoms in total. The van der Waals surface area contributed by atoms with Crippen LogP contribution in [0.5, 0.6) is 0 Å². The van der Waals surface area contributed by atoms with Crippen molar-refractivity contribution in [3.63, 3.8) is 0 Å². The highest BCUT2D eigenvalue weighted by Gasteiger charge is 2.05. The molecule has 1 aromatic heterocycles. The number of nitrogen functional groups attached to an aromatic ring is 1. The molecule has 4 N–H and O–H groups in total. The molecule has 1 rings (SSSR count). The summed E-state index contributed by atoms with van der Waals surface area (Å²) in [6.07, 6.45) is 4.24. The Morgan fingerprint density at radius 3 is 2.91 bits per heavy atom. The van der Waals surface area contributed by atoms with Gasteiger partial charge in [-0.2, -0.15) is 0 Å². The fourth-order valence-electron chi connectivity index (χ4n) is 0.975. The molecule has 0 saturated heterocycles. The van der Waals surface area contributed by atoms with Gasteiger partial charge < -0.3 is 11.5 Å². The molecule has 11 heavy (non-hydrogen) atoms. The van der Waals surface area contributed by atoms with E-state index in [0.29, 0.717) is 5.69 Å². The van der Waals surface area contributed by atoms with Crippen molar-refractivity contribution < 1.29 is 0 Å². The second kappa shape index (κ2) is 3.34. The third-order valence-corrected chi connectivity index (χ3v) is 1.73. The molecule has 0 aliphatic rings. The molecule has 0 spiro atoms. The van der Waals surface area contributed by atoms with Crippen LogP contribution in [0.1, 0.15) is 24.9 Å². The fourth-order valence-corrected chi connectivity index (χ4v) is 0.975. The van der Waals surface area contributed by atoms with E-state index >= 15 is 0 Å². The normalized spacial score (nSPS) is 12.9. The quantitative estimate of drug-likeness (QED) is 0.664. The number of nitrogens with two attached hydrogens (primary N) is 2. The van der Waals surface area contributed by atoms with Gasteiger partial charge in [-0.3, -0.25) is 4.98 Å². The summed E-state index contributed by atoms with van der Waals surface area (Å²) >= 11 is 0. The van der Waals surface area contributed by atoms with Crippen LogP contribution in [0.25, 0.3) is 0 Å². The van der Waals surface area contributed by atoms with E-state index in [-0.39, 0.29) is 6.04 Å². The monoisotopic (exact) mass is 151 g/mol. The summed E-state index contributed by atoms with van der Waals surface area (Å²) in [5.74, 6) is 0. The topological polar surface area (TPSA) is 64.9 Å². The van der Waals surface area contributed by atoms with Crippen LogP contribution in [-0.4, -0.2) is 4.98 Å². The number of pyridine rings is 1. The molecule has 0 fully saturated rings. The van der Waals surface area contributed by atoms with Crippen LogP contribution in [0.15, 0.2) is 18.5 Å². The van der Waals surface area contributed by atoms with E-state index in [4.69, 9.17) is 11.5 Å². The number of hydrogen-bond donors (Lipinski definition) is 2. The Labute approximate surface area is 66.4 Å². The van der Waals surface area contributed by atoms with Crippen LogP contribution in [-0.2, 0) is 0 Å². The van der Waals surface area contributed by atoms with Gasteiger partial charge in [-0.05, 0) is 18.1 Å². The molecule has 1 atom stereocenters. The van der Waals surface area contributed by atoms with Crippen LogP contribution < -0.4 is 11.5 Å². The van der Waals surface area contributed by atoms with Crippen molar-refractivity contribution in [1.29, 1.82) is 0 Å². The molecule has 60 valence electrons. The van der Waals surface area contributed by atoms with Crippen LogP contribution in [0.3, 0.4) is 0 Å². The van der Waals surface area contributed by atoms with E-state index in [1.807, 2.05) is 13.0 Å². The Morgan fingerprint density at radius 1 is 1.64 bits per heavy atom. The Hall–Kier alpha value is -1.09. The van der Waals surface area contributed by atoms with Crippen LogP contribution in [0, 0.1) is 0 Å². The zero-order valence-electron chi connectivity index (χ0n) is 6.62. The summed E-state index contributed by atoms with van der Waals surface area (Å²) in [6.45, 7) is 2.03. The largest absolute Gasteiger partial charge is 0.397 e. The van der Waals surface area contributed by atoms with Gasteiger partial charge in [0, 0.05) is 12.2 Å². The lowest BCUT2D eigenvalue weighted by atomic mass is 10.1. The predicted octanol–water partition coefficient (Wildman–Crippen LogP) is 1.07. The number of rotatable bonds is 2. The molecule has 0 bridgehead atoms. The molecule has 0 radical (unpaired) electrons. The van der Waals surface area contributed by atoms with Gasteiger partial charge in [0.2, 0.25) is 0 Å². The van der Waals surface area contributed by atoms with Gasteiger partial charge in [-0.1, -0.05) is 6.92 Å². The molecular weight excluding hydrogens is 138 g/mol. The second-order valence-electron chi connectivity index (χ2n) is 2.52. The van der Waals surface area contributed by atoms with Gasteiger partial charge >= 0.3 is 0 Å². The van der Waals surface area contributed by atoms with E-state index in [9.17, 15) is 0 Å². The van der Waals surface area contributed by atoms with E-state index in [0.717, 1.165) is 12.0 Å². The molecule has 0 aliphatic heterocycles. The molecule has 1 aromatic rings. The average molecular weight is 151 g/mol. The maximum Gasteiger partial charge on any atom is 0.0549 e. The van der Waals surface area contributed by atoms with Crippen molar-refractivity contribution in [2.75, 3.05) is 5.73 Å². The number of aromatic nitrogens is 1. The van der Waals surface area contributed by atoms with Gasteiger partial charge in [-0.25, -0.2) is 0 Å². The summed E-state index contributed by atoms with van der Waals surface area (Å²) in [6, 6.07) is 1.90. The van der Waals surface area contributed by atoms with E-state index in [2.05, 4.69) is 4.98 Å². The maximum absolute atomic E-state index is 5.79. The molecule has 0 aromatic carbocycles. The minimum Gasteiger partial charge on any atom is -0.397 e.